The summed E-state index contributed by atoms with van der Waals surface area (Å²) in [7, 11) is 0. The van der Waals surface area contributed by atoms with Gasteiger partial charge in [0.15, 0.2) is 0 Å². The Morgan fingerprint density at radius 3 is 2.52 bits per heavy atom. The van der Waals surface area contributed by atoms with Crippen molar-refractivity contribution in [2.45, 2.75) is 39.2 Å². The first kappa shape index (κ1) is 19.6. The molecule has 0 bridgehead atoms. The number of thiophene rings is 1. The number of aryl methyl sites for hydroxylation is 2. The van der Waals surface area contributed by atoms with Crippen molar-refractivity contribution in [1.29, 1.82) is 0 Å². The molecule has 2 N–H and O–H groups in total. The third kappa shape index (κ3) is 5.17. The first-order chi connectivity index (χ1) is 13.0. The lowest BCUT2D eigenvalue weighted by Gasteiger charge is -2.34. The molecule has 27 heavy (non-hydrogen) atoms. The van der Waals surface area contributed by atoms with Gasteiger partial charge in [0.1, 0.15) is 0 Å². The molecular formula is C21H27N3O2S. The molecule has 1 aromatic carbocycles. The molecule has 1 aliphatic rings. The number of piperidine rings is 1. The minimum atomic E-state index is -0.624. The number of likely N-dealkylation sites (tertiary alicyclic amines) is 1. The Labute approximate surface area is 164 Å². The van der Waals surface area contributed by atoms with Gasteiger partial charge < -0.3 is 10.6 Å². The van der Waals surface area contributed by atoms with E-state index < -0.39 is 11.8 Å². The average Bonchev–Trinajstić information content (AvgIpc) is 3.20. The number of hydrogen-bond donors (Lipinski definition) is 2. The lowest BCUT2D eigenvalue weighted by Crippen LogP contribution is -2.43. The molecule has 1 aliphatic heterocycles. The fraction of sp³-hybridized carbons (Fsp3) is 0.429. The number of anilines is 1. The summed E-state index contributed by atoms with van der Waals surface area (Å²) < 4.78 is 0. The Balaban J connectivity index is 1.59. The molecule has 1 atom stereocenters. The van der Waals surface area contributed by atoms with E-state index in [0.29, 0.717) is 12.2 Å². The predicted molar refractivity (Wildman–Crippen MR) is 110 cm³/mol. The molecule has 1 saturated heterocycles. The highest BCUT2D eigenvalue weighted by Gasteiger charge is 2.24. The van der Waals surface area contributed by atoms with Crippen LogP contribution in [-0.2, 0) is 9.59 Å². The number of carbonyl (C=O) groups is 2. The fourth-order valence-corrected chi connectivity index (χ4v) is 4.14. The monoisotopic (exact) mass is 385 g/mol. The summed E-state index contributed by atoms with van der Waals surface area (Å²) in [6.07, 6.45) is 3.63. The molecule has 2 heterocycles. The van der Waals surface area contributed by atoms with E-state index in [1.165, 1.54) is 24.8 Å². The van der Waals surface area contributed by atoms with Gasteiger partial charge in [-0.3, -0.25) is 14.5 Å². The second kappa shape index (κ2) is 9.15. The van der Waals surface area contributed by atoms with E-state index in [0.717, 1.165) is 24.2 Å². The van der Waals surface area contributed by atoms with Crippen molar-refractivity contribution in [1.82, 2.24) is 10.2 Å². The van der Waals surface area contributed by atoms with Crippen LogP contribution in [0, 0.1) is 13.8 Å². The maximum Gasteiger partial charge on any atom is 0.313 e. The van der Waals surface area contributed by atoms with Gasteiger partial charge in [0.05, 0.1) is 6.04 Å². The van der Waals surface area contributed by atoms with Crippen molar-refractivity contribution in [3.05, 3.63) is 51.7 Å². The van der Waals surface area contributed by atoms with Crippen LogP contribution in [0.3, 0.4) is 0 Å². The van der Waals surface area contributed by atoms with Crippen LogP contribution in [0.5, 0.6) is 0 Å². The van der Waals surface area contributed by atoms with E-state index in [4.69, 9.17) is 0 Å². The normalized spacial score (nSPS) is 15.9. The van der Waals surface area contributed by atoms with Gasteiger partial charge in [-0.1, -0.05) is 12.5 Å². The Morgan fingerprint density at radius 2 is 1.85 bits per heavy atom. The number of hydrogen-bond acceptors (Lipinski definition) is 4. The molecule has 0 radical (unpaired) electrons. The smallest absolute Gasteiger partial charge is 0.313 e. The Morgan fingerprint density at radius 1 is 1.07 bits per heavy atom. The Kier molecular flexibility index (Phi) is 6.63. The van der Waals surface area contributed by atoms with Crippen LogP contribution in [-0.4, -0.2) is 36.3 Å². The van der Waals surface area contributed by atoms with Gasteiger partial charge >= 0.3 is 11.8 Å². The van der Waals surface area contributed by atoms with E-state index in [-0.39, 0.29) is 6.04 Å². The molecule has 1 aromatic heterocycles. The molecular weight excluding hydrogens is 358 g/mol. The molecule has 5 nitrogen and oxygen atoms in total. The lowest BCUT2D eigenvalue weighted by atomic mass is 10.0. The maximum absolute atomic E-state index is 12.3. The largest absolute Gasteiger partial charge is 0.346 e. The molecule has 2 amide bonds. The molecule has 1 fully saturated rings. The summed E-state index contributed by atoms with van der Waals surface area (Å²) >= 11 is 1.66. The molecule has 6 heteroatoms. The SMILES string of the molecule is Cc1ccc(NC(=O)C(=O)NCC(c2ccsc2)N2CCCCC2)cc1C. The zero-order chi connectivity index (χ0) is 19.2. The zero-order valence-corrected chi connectivity index (χ0v) is 16.8. The first-order valence-electron chi connectivity index (χ1n) is 9.47. The summed E-state index contributed by atoms with van der Waals surface area (Å²) in [5.41, 5.74) is 4.08. The minimum absolute atomic E-state index is 0.120. The lowest BCUT2D eigenvalue weighted by molar-refractivity contribution is -0.136. The number of rotatable bonds is 5. The van der Waals surface area contributed by atoms with Crippen LogP contribution in [0.15, 0.2) is 35.0 Å². The third-order valence-corrected chi connectivity index (χ3v) is 5.89. The standard InChI is InChI=1S/C21H27N3O2S/c1-15-6-7-18(12-16(15)2)23-21(26)20(25)22-13-19(17-8-11-27-14-17)24-9-4-3-5-10-24/h6-8,11-12,14,19H,3-5,9-10,13H2,1-2H3,(H,22,25)(H,23,26). The predicted octanol–water partition coefficient (Wildman–Crippen LogP) is 3.65. The number of amides is 2. The van der Waals surface area contributed by atoms with Crippen molar-refractivity contribution in [2.24, 2.45) is 0 Å². The van der Waals surface area contributed by atoms with Crippen molar-refractivity contribution in [2.75, 3.05) is 25.0 Å². The second-order valence-corrected chi connectivity index (χ2v) is 7.91. The quantitative estimate of drug-likeness (QED) is 0.773. The Bertz CT molecular complexity index is 783. The highest BCUT2D eigenvalue weighted by atomic mass is 32.1. The number of nitrogens with one attached hydrogen (secondary N) is 2. The van der Waals surface area contributed by atoms with Gasteiger partial charge in [0, 0.05) is 12.2 Å². The van der Waals surface area contributed by atoms with Crippen LogP contribution in [0.25, 0.3) is 0 Å². The van der Waals surface area contributed by atoms with E-state index in [2.05, 4.69) is 32.4 Å². The van der Waals surface area contributed by atoms with E-state index in [9.17, 15) is 9.59 Å². The summed E-state index contributed by atoms with van der Waals surface area (Å²) in [6, 6.07) is 7.85. The van der Waals surface area contributed by atoms with E-state index in [1.54, 1.807) is 11.3 Å². The maximum atomic E-state index is 12.3. The fourth-order valence-electron chi connectivity index (χ4n) is 3.43. The van der Waals surface area contributed by atoms with Crippen LogP contribution in [0.2, 0.25) is 0 Å². The summed E-state index contributed by atoms with van der Waals surface area (Å²) in [5.74, 6) is -1.22. The van der Waals surface area contributed by atoms with Gasteiger partial charge in [-0.2, -0.15) is 11.3 Å². The van der Waals surface area contributed by atoms with Crippen LogP contribution in [0.4, 0.5) is 5.69 Å². The van der Waals surface area contributed by atoms with Crippen LogP contribution < -0.4 is 10.6 Å². The van der Waals surface area contributed by atoms with Crippen molar-refractivity contribution >= 4 is 28.8 Å². The highest BCUT2D eigenvalue weighted by molar-refractivity contribution is 7.08. The van der Waals surface area contributed by atoms with Crippen LogP contribution in [0.1, 0.15) is 42.0 Å². The summed E-state index contributed by atoms with van der Waals surface area (Å²) in [6.45, 7) is 6.50. The van der Waals surface area contributed by atoms with Gasteiger partial charge in [-0.25, -0.2) is 0 Å². The molecule has 0 saturated carbocycles. The summed E-state index contributed by atoms with van der Waals surface area (Å²) in [5, 5.41) is 9.69. The third-order valence-electron chi connectivity index (χ3n) is 5.19. The minimum Gasteiger partial charge on any atom is -0.346 e. The Hall–Kier alpha value is -2.18. The average molecular weight is 386 g/mol. The molecule has 0 spiro atoms. The molecule has 0 aliphatic carbocycles. The van der Waals surface area contributed by atoms with Crippen molar-refractivity contribution in [3.8, 4) is 0 Å². The summed E-state index contributed by atoms with van der Waals surface area (Å²) in [4.78, 5) is 27.0. The molecule has 3 rings (SSSR count). The van der Waals surface area contributed by atoms with Gasteiger partial charge in [0.25, 0.3) is 0 Å². The molecule has 144 valence electrons. The number of nitrogens with zero attached hydrogens (tertiary/aromatic N) is 1. The zero-order valence-electron chi connectivity index (χ0n) is 16.0. The van der Waals surface area contributed by atoms with E-state index in [1.807, 2.05) is 32.0 Å². The van der Waals surface area contributed by atoms with Gasteiger partial charge in [0.2, 0.25) is 0 Å². The van der Waals surface area contributed by atoms with Crippen molar-refractivity contribution in [3.63, 3.8) is 0 Å². The van der Waals surface area contributed by atoms with Gasteiger partial charge in [-0.15, -0.1) is 0 Å². The molecule has 2 aromatic rings. The van der Waals surface area contributed by atoms with Crippen molar-refractivity contribution < 1.29 is 9.59 Å². The van der Waals surface area contributed by atoms with Gasteiger partial charge in [-0.05, 0) is 85.4 Å². The number of carbonyl (C=O) groups excluding carboxylic acids is 2. The second-order valence-electron chi connectivity index (χ2n) is 7.13. The van der Waals surface area contributed by atoms with Crippen LogP contribution >= 0.6 is 11.3 Å². The first-order valence-corrected chi connectivity index (χ1v) is 10.4. The highest BCUT2D eigenvalue weighted by Crippen LogP contribution is 2.25. The molecule has 1 unspecified atom stereocenters. The van der Waals surface area contributed by atoms with E-state index >= 15 is 0 Å². The topological polar surface area (TPSA) is 61.4 Å². The number of benzene rings is 1.